The first kappa shape index (κ1) is 9.23. The van der Waals surface area contributed by atoms with E-state index in [9.17, 15) is 0 Å². The molecular formula is C10H15NO. The van der Waals surface area contributed by atoms with Crippen molar-refractivity contribution < 1.29 is 5.11 Å². The van der Waals surface area contributed by atoms with E-state index in [1.54, 1.807) is 0 Å². The number of aliphatic hydroxyl groups is 1. The Bertz CT molecular complexity index is 245. The van der Waals surface area contributed by atoms with Crippen molar-refractivity contribution in [2.75, 3.05) is 0 Å². The molecule has 0 bridgehead atoms. The second-order valence-corrected chi connectivity index (χ2v) is 3.11. The molecule has 1 aromatic carbocycles. The molecule has 0 aliphatic rings. The quantitative estimate of drug-likeness (QED) is 0.703. The van der Waals surface area contributed by atoms with Crippen LogP contribution in [0.15, 0.2) is 24.3 Å². The first-order valence-corrected chi connectivity index (χ1v) is 4.17. The van der Waals surface area contributed by atoms with E-state index in [1.165, 1.54) is 0 Å². The zero-order chi connectivity index (χ0) is 8.97. The van der Waals surface area contributed by atoms with Crippen LogP contribution in [0.4, 0.5) is 0 Å². The zero-order valence-electron chi connectivity index (χ0n) is 7.33. The fourth-order valence-corrected chi connectivity index (χ4v) is 1.26. The molecule has 1 aromatic rings. The number of hydrogen-bond acceptors (Lipinski definition) is 2. The number of rotatable bonds is 3. The minimum atomic E-state index is 0.100. The number of hydrogen-bond donors (Lipinski definition) is 2. The van der Waals surface area contributed by atoms with Gasteiger partial charge in [0.05, 0.1) is 6.61 Å². The van der Waals surface area contributed by atoms with Gasteiger partial charge in [0.25, 0.3) is 0 Å². The normalized spacial score (nSPS) is 12.9. The van der Waals surface area contributed by atoms with E-state index in [-0.39, 0.29) is 12.6 Å². The van der Waals surface area contributed by atoms with E-state index >= 15 is 0 Å². The smallest absolute Gasteiger partial charge is 0.0684 e. The zero-order valence-corrected chi connectivity index (χ0v) is 7.33. The Hall–Kier alpha value is -0.860. The van der Waals surface area contributed by atoms with Crippen molar-refractivity contribution in [3.8, 4) is 0 Å². The molecule has 0 aliphatic carbocycles. The Balaban J connectivity index is 2.82. The molecule has 1 rings (SSSR count). The topological polar surface area (TPSA) is 46.2 Å². The summed E-state index contributed by atoms with van der Waals surface area (Å²) in [6.45, 7) is 2.07. The van der Waals surface area contributed by atoms with Crippen molar-refractivity contribution >= 4 is 0 Å². The lowest BCUT2D eigenvalue weighted by molar-refractivity contribution is 0.280. The lowest BCUT2D eigenvalue weighted by Crippen LogP contribution is -2.18. The highest BCUT2D eigenvalue weighted by molar-refractivity contribution is 5.26. The number of nitrogens with two attached hydrogens (primary N) is 1. The fraction of sp³-hybridized carbons (Fsp3) is 0.400. The van der Waals surface area contributed by atoms with Crippen molar-refractivity contribution in [1.29, 1.82) is 0 Å². The molecule has 0 spiro atoms. The van der Waals surface area contributed by atoms with E-state index < -0.39 is 0 Å². The summed E-state index contributed by atoms with van der Waals surface area (Å²) in [5.41, 5.74) is 7.80. The van der Waals surface area contributed by atoms with Gasteiger partial charge in [0.2, 0.25) is 0 Å². The maximum Gasteiger partial charge on any atom is 0.0684 e. The van der Waals surface area contributed by atoms with Gasteiger partial charge in [-0.25, -0.2) is 0 Å². The Morgan fingerprint density at radius 3 is 2.42 bits per heavy atom. The highest BCUT2D eigenvalue weighted by Gasteiger charge is 2.02. The van der Waals surface area contributed by atoms with Crippen molar-refractivity contribution in [2.45, 2.75) is 26.0 Å². The van der Waals surface area contributed by atoms with Crippen LogP contribution >= 0.6 is 0 Å². The van der Waals surface area contributed by atoms with E-state index in [0.29, 0.717) is 0 Å². The molecular weight excluding hydrogens is 150 g/mol. The maximum absolute atomic E-state index is 8.99. The van der Waals surface area contributed by atoms with E-state index in [1.807, 2.05) is 31.2 Å². The minimum Gasteiger partial charge on any atom is -0.392 e. The Morgan fingerprint density at radius 2 is 1.92 bits per heavy atom. The minimum absolute atomic E-state index is 0.100. The summed E-state index contributed by atoms with van der Waals surface area (Å²) >= 11 is 0. The molecule has 66 valence electrons. The summed E-state index contributed by atoms with van der Waals surface area (Å²) in [5, 5.41) is 8.99. The first-order valence-electron chi connectivity index (χ1n) is 4.17. The van der Waals surface area contributed by atoms with Gasteiger partial charge in [-0.05, 0) is 24.5 Å². The van der Waals surface area contributed by atoms with Gasteiger partial charge in [0, 0.05) is 6.04 Å². The standard InChI is InChI=1S/C10H15NO/c1-8(11)6-9-4-2-3-5-10(9)7-12/h2-5,8,12H,6-7,11H2,1H3/t8-/m0/s1. The van der Waals surface area contributed by atoms with Crippen molar-refractivity contribution in [1.82, 2.24) is 0 Å². The first-order chi connectivity index (χ1) is 5.74. The largest absolute Gasteiger partial charge is 0.392 e. The summed E-state index contributed by atoms with van der Waals surface area (Å²) in [5.74, 6) is 0. The third-order valence-corrected chi connectivity index (χ3v) is 1.83. The van der Waals surface area contributed by atoms with E-state index in [4.69, 9.17) is 10.8 Å². The number of aliphatic hydroxyl groups excluding tert-OH is 1. The predicted molar refractivity (Wildman–Crippen MR) is 49.7 cm³/mol. The third kappa shape index (κ3) is 2.32. The van der Waals surface area contributed by atoms with Crippen molar-refractivity contribution in [3.05, 3.63) is 35.4 Å². The van der Waals surface area contributed by atoms with Crippen LogP contribution in [-0.4, -0.2) is 11.1 Å². The van der Waals surface area contributed by atoms with Crippen LogP contribution in [0.1, 0.15) is 18.1 Å². The molecule has 12 heavy (non-hydrogen) atoms. The lowest BCUT2D eigenvalue weighted by Gasteiger charge is -2.08. The van der Waals surface area contributed by atoms with Crippen LogP contribution in [0.3, 0.4) is 0 Å². The van der Waals surface area contributed by atoms with Gasteiger partial charge < -0.3 is 10.8 Å². The van der Waals surface area contributed by atoms with Gasteiger partial charge in [0.1, 0.15) is 0 Å². The Labute approximate surface area is 73.0 Å². The van der Waals surface area contributed by atoms with Crippen LogP contribution < -0.4 is 5.73 Å². The molecule has 3 N–H and O–H groups in total. The van der Waals surface area contributed by atoms with E-state index in [2.05, 4.69) is 0 Å². The second kappa shape index (κ2) is 4.24. The van der Waals surface area contributed by atoms with Crippen molar-refractivity contribution in [3.63, 3.8) is 0 Å². The molecule has 0 saturated heterocycles. The van der Waals surface area contributed by atoms with Gasteiger partial charge in [-0.3, -0.25) is 0 Å². The molecule has 2 heteroatoms. The molecule has 0 heterocycles. The van der Waals surface area contributed by atoms with Crippen LogP contribution in [0, 0.1) is 0 Å². The van der Waals surface area contributed by atoms with Gasteiger partial charge in [0.15, 0.2) is 0 Å². The molecule has 0 aromatic heterocycles. The molecule has 0 unspecified atom stereocenters. The van der Waals surface area contributed by atoms with Crippen LogP contribution in [0.5, 0.6) is 0 Å². The molecule has 0 fully saturated rings. The predicted octanol–water partition coefficient (Wildman–Crippen LogP) is 1.07. The Kier molecular flexibility index (Phi) is 3.26. The summed E-state index contributed by atoms with van der Waals surface area (Å²) in [6, 6.07) is 7.98. The fourth-order valence-electron chi connectivity index (χ4n) is 1.26. The molecule has 1 atom stereocenters. The van der Waals surface area contributed by atoms with Gasteiger partial charge >= 0.3 is 0 Å². The number of benzene rings is 1. The van der Waals surface area contributed by atoms with Gasteiger partial charge in [-0.15, -0.1) is 0 Å². The highest BCUT2D eigenvalue weighted by Crippen LogP contribution is 2.10. The molecule has 2 nitrogen and oxygen atoms in total. The monoisotopic (exact) mass is 165 g/mol. The van der Waals surface area contributed by atoms with Gasteiger partial charge in [-0.1, -0.05) is 24.3 Å². The van der Waals surface area contributed by atoms with Crippen LogP contribution in [0.2, 0.25) is 0 Å². The third-order valence-electron chi connectivity index (χ3n) is 1.83. The average Bonchev–Trinajstić information content (AvgIpc) is 2.04. The molecule has 0 amide bonds. The highest BCUT2D eigenvalue weighted by atomic mass is 16.3. The molecule has 0 aliphatic heterocycles. The maximum atomic E-state index is 8.99. The summed E-state index contributed by atoms with van der Waals surface area (Å²) < 4.78 is 0. The average molecular weight is 165 g/mol. The van der Waals surface area contributed by atoms with Crippen LogP contribution in [-0.2, 0) is 13.0 Å². The molecule has 0 saturated carbocycles. The van der Waals surface area contributed by atoms with Crippen LogP contribution in [0.25, 0.3) is 0 Å². The summed E-state index contributed by atoms with van der Waals surface area (Å²) in [7, 11) is 0. The van der Waals surface area contributed by atoms with Gasteiger partial charge in [-0.2, -0.15) is 0 Å². The SMILES string of the molecule is C[C@H](N)Cc1ccccc1CO. The lowest BCUT2D eigenvalue weighted by atomic mass is 10.0. The van der Waals surface area contributed by atoms with Crippen molar-refractivity contribution in [2.24, 2.45) is 5.73 Å². The Morgan fingerprint density at radius 1 is 1.33 bits per heavy atom. The second-order valence-electron chi connectivity index (χ2n) is 3.11. The van der Waals surface area contributed by atoms with E-state index in [0.717, 1.165) is 17.5 Å². The molecule has 0 radical (unpaired) electrons. The summed E-state index contributed by atoms with van der Waals surface area (Å²) in [4.78, 5) is 0. The summed E-state index contributed by atoms with van der Waals surface area (Å²) in [6.07, 6.45) is 0.830.